The smallest absolute Gasteiger partial charge is 0.191 e. The molecule has 7 nitrogen and oxygen atoms in total. The van der Waals surface area contributed by atoms with Crippen LogP contribution in [0.15, 0.2) is 23.2 Å². The Kier molecular flexibility index (Phi) is 12.1. The van der Waals surface area contributed by atoms with Crippen molar-refractivity contribution in [2.24, 2.45) is 10.9 Å². The minimum atomic E-state index is 0.576. The minimum Gasteiger partial charge on any atom is -0.493 e. The maximum Gasteiger partial charge on any atom is 0.191 e. The topological polar surface area (TPSA) is 73.3 Å². The summed E-state index contributed by atoms with van der Waals surface area (Å²) in [6, 6.07) is 6.12. The number of benzene rings is 1. The van der Waals surface area contributed by atoms with E-state index in [2.05, 4.69) is 34.7 Å². The fourth-order valence-electron chi connectivity index (χ4n) is 3.31. The van der Waals surface area contributed by atoms with E-state index in [9.17, 15) is 0 Å². The Hall–Kier alpha value is -1.99. The number of methoxy groups -OCH3 is 1. The Balaban J connectivity index is 1.65. The molecule has 170 valence electrons. The number of hydrogen-bond donors (Lipinski definition) is 2. The van der Waals surface area contributed by atoms with Gasteiger partial charge in [0, 0.05) is 38.8 Å². The number of hydrogen-bond acceptors (Lipinski definition) is 5. The van der Waals surface area contributed by atoms with Crippen molar-refractivity contribution >= 4 is 5.96 Å². The summed E-state index contributed by atoms with van der Waals surface area (Å²) in [7, 11) is 1.66. The zero-order valence-corrected chi connectivity index (χ0v) is 18.9. The average molecular weight is 422 g/mol. The van der Waals surface area contributed by atoms with Gasteiger partial charge in [0.2, 0.25) is 0 Å². The molecule has 1 unspecified atom stereocenters. The predicted octanol–water partition coefficient (Wildman–Crippen LogP) is 3.02. The Bertz CT molecular complexity index is 618. The van der Waals surface area contributed by atoms with Crippen LogP contribution in [-0.4, -0.2) is 65.7 Å². The van der Waals surface area contributed by atoms with Crippen molar-refractivity contribution < 1.29 is 18.9 Å². The van der Waals surface area contributed by atoms with Gasteiger partial charge in [-0.3, -0.25) is 4.99 Å². The van der Waals surface area contributed by atoms with Gasteiger partial charge in [-0.2, -0.15) is 0 Å². The third-order valence-corrected chi connectivity index (χ3v) is 4.90. The summed E-state index contributed by atoms with van der Waals surface area (Å²) in [6.07, 6.45) is 4.01. The Labute approximate surface area is 181 Å². The fraction of sp³-hybridized carbons (Fsp3) is 0.696. The molecule has 1 atom stereocenters. The molecule has 1 fully saturated rings. The van der Waals surface area contributed by atoms with Gasteiger partial charge in [-0.1, -0.05) is 6.07 Å². The molecule has 1 aromatic carbocycles. The summed E-state index contributed by atoms with van der Waals surface area (Å²) in [5.74, 6) is 3.02. The van der Waals surface area contributed by atoms with Crippen LogP contribution in [0.3, 0.4) is 0 Å². The lowest BCUT2D eigenvalue weighted by molar-refractivity contribution is 0.0888. The van der Waals surface area contributed by atoms with Gasteiger partial charge < -0.3 is 29.6 Å². The molecule has 1 aromatic rings. The summed E-state index contributed by atoms with van der Waals surface area (Å²) in [4.78, 5) is 4.68. The normalized spacial score (nSPS) is 16.5. The second-order valence-corrected chi connectivity index (χ2v) is 7.37. The van der Waals surface area contributed by atoms with Gasteiger partial charge in [0.1, 0.15) is 0 Å². The lowest BCUT2D eigenvalue weighted by atomic mass is 10.1. The van der Waals surface area contributed by atoms with Gasteiger partial charge in [0.15, 0.2) is 17.5 Å². The molecule has 30 heavy (non-hydrogen) atoms. The molecule has 1 heterocycles. The van der Waals surface area contributed by atoms with Crippen LogP contribution in [0.4, 0.5) is 0 Å². The van der Waals surface area contributed by atoms with E-state index in [1.807, 2.05) is 13.0 Å². The van der Waals surface area contributed by atoms with Crippen molar-refractivity contribution in [2.45, 2.75) is 39.5 Å². The van der Waals surface area contributed by atoms with E-state index in [1.165, 1.54) is 5.56 Å². The van der Waals surface area contributed by atoms with Crippen molar-refractivity contribution in [3.05, 3.63) is 23.8 Å². The van der Waals surface area contributed by atoms with Crippen LogP contribution in [0.5, 0.6) is 11.5 Å². The standard InChI is InChI=1S/C23H39N3O4/c1-4-24-23(26-13-7-14-28-17-20-11-15-29-18-20)25-12-6-8-19-9-10-21(27-3)22(16-19)30-5-2/h9-10,16,20H,4-8,11-15,17-18H2,1-3H3,(H2,24,25,26). The van der Waals surface area contributed by atoms with E-state index < -0.39 is 0 Å². The van der Waals surface area contributed by atoms with Gasteiger partial charge in [0.05, 0.1) is 26.9 Å². The van der Waals surface area contributed by atoms with E-state index in [0.717, 1.165) is 89.2 Å². The zero-order chi connectivity index (χ0) is 21.4. The average Bonchev–Trinajstić information content (AvgIpc) is 3.27. The lowest BCUT2D eigenvalue weighted by Gasteiger charge is -2.13. The molecule has 1 saturated heterocycles. The highest BCUT2D eigenvalue weighted by atomic mass is 16.5. The number of nitrogens with zero attached hydrogens (tertiary/aromatic N) is 1. The summed E-state index contributed by atoms with van der Waals surface area (Å²) in [5, 5.41) is 6.69. The maximum absolute atomic E-state index is 5.75. The van der Waals surface area contributed by atoms with Gasteiger partial charge in [-0.25, -0.2) is 0 Å². The molecule has 7 heteroatoms. The van der Waals surface area contributed by atoms with Gasteiger partial charge in [-0.15, -0.1) is 0 Å². The summed E-state index contributed by atoms with van der Waals surface area (Å²) >= 11 is 0. The lowest BCUT2D eigenvalue weighted by Crippen LogP contribution is -2.38. The molecule has 2 rings (SSSR count). The second-order valence-electron chi connectivity index (χ2n) is 7.37. The first-order valence-corrected chi connectivity index (χ1v) is 11.2. The largest absolute Gasteiger partial charge is 0.493 e. The zero-order valence-electron chi connectivity index (χ0n) is 18.9. The Morgan fingerprint density at radius 3 is 2.83 bits per heavy atom. The van der Waals surface area contributed by atoms with Crippen LogP contribution in [0.2, 0.25) is 0 Å². The molecule has 1 aliphatic rings. The van der Waals surface area contributed by atoms with Crippen molar-refractivity contribution in [3.63, 3.8) is 0 Å². The second kappa shape index (κ2) is 14.9. The highest BCUT2D eigenvalue weighted by molar-refractivity contribution is 5.79. The predicted molar refractivity (Wildman–Crippen MR) is 121 cm³/mol. The number of rotatable bonds is 14. The highest BCUT2D eigenvalue weighted by Crippen LogP contribution is 2.28. The molecule has 0 spiro atoms. The molecule has 0 aromatic heterocycles. The molecule has 0 radical (unpaired) electrons. The third-order valence-electron chi connectivity index (χ3n) is 4.90. The maximum atomic E-state index is 5.75. The number of aryl methyl sites for hydroxylation is 1. The first kappa shape index (κ1) is 24.3. The number of guanidine groups is 1. The van der Waals surface area contributed by atoms with E-state index in [1.54, 1.807) is 7.11 Å². The van der Waals surface area contributed by atoms with Gasteiger partial charge in [0.25, 0.3) is 0 Å². The van der Waals surface area contributed by atoms with Crippen LogP contribution < -0.4 is 20.1 Å². The van der Waals surface area contributed by atoms with Crippen LogP contribution in [0.25, 0.3) is 0 Å². The Morgan fingerprint density at radius 1 is 1.20 bits per heavy atom. The number of ether oxygens (including phenoxy) is 4. The fourth-order valence-corrected chi connectivity index (χ4v) is 3.31. The van der Waals surface area contributed by atoms with Crippen molar-refractivity contribution in [3.8, 4) is 11.5 Å². The monoisotopic (exact) mass is 421 g/mol. The van der Waals surface area contributed by atoms with E-state index in [0.29, 0.717) is 12.5 Å². The molecule has 0 saturated carbocycles. The number of aliphatic imine (C=N–C) groups is 1. The molecular formula is C23H39N3O4. The van der Waals surface area contributed by atoms with Crippen molar-refractivity contribution in [1.29, 1.82) is 0 Å². The molecule has 0 bridgehead atoms. The molecule has 1 aliphatic heterocycles. The molecule has 0 aliphatic carbocycles. The third kappa shape index (κ3) is 9.22. The Morgan fingerprint density at radius 2 is 2.10 bits per heavy atom. The van der Waals surface area contributed by atoms with Gasteiger partial charge >= 0.3 is 0 Å². The van der Waals surface area contributed by atoms with Crippen LogP contribution >= 0.6 is 0 Å². The molecule has 0 amide bonds. The minimum absolute atomic E-state index is 0.576. The first-order chi connectivity index (χ1) is 14.8. The number of nitrogens with one attached hydrogen (secondary N) is 2. The summed E-state index contributed by atoms with van der Waals surface area (Å²) in [5.41, 5.74) is 1.23. The van der Waals surface area contributed by atoms with Crippen LogP contribution in [-0.2, 0) is 15.9 Å². The van der Waals surface area contributed by atoms with E-state index in [4.69, 9.17) is 18.9 Å². The van der Waals surface area contributed by atoms with Crippen molar-refractivity contribution in [1.82, 2.24) is 10.6 Å². The van der Waals surface area contributed by atoms with Gasteiger partial charge in [-0.05, 0) is 57.2 Å². The summed E-state index contributed by atoms with van der Waals surface area (Å²) < 4.78 is 22.1. The molecular weight excluding hydrogens is 382 g/mol. The van der Waals surface area contributed by atoms with Crippen LogP contribution in [0, 0.1) is 5.92 Å². The highest BCUT2D eigenvalue weighted by Gasteiger charge is 2.15. The SMILES string of the molecule is CCNC(=NCCCc1ccc(OC)c(OCC)c1)NCCCOCC1CCOC1. The first-order valence-electron chi connectivity index (χ1n) is 11.2. The molecule has 2 N–H and O–H groups in total. The summed E-state index contributed by atoms with van der Waals surface area (Å²) in [6.45, 7) is 10.5. The van der Waals surface area contributed by atoms with E-state index >= 15 is 0 Å². The van der Waals surface area contributed by atoms with E-state index in [-0.39, 0.29) is 0 Å². The quantitative estimate of drug-likeness (QED) is 0.273. The van der Waals surface area contributed by atoms with Crippen LogP contribution in [0.1, 0.15) is 38.7 Å². The van der Waals surface area contributed by atoms with Crippen molar-refractivity contribution in [2.75, 3.05) is 59.8 Å².